The molecule has 0 aliphatic carbocycles. The molecule has 0 N–H and O–H groups in total. The molecule has 0 amide bonds. The largest absolute Gasteiger partial charge is 0.494 e. The van der Waals surface area contributed by atoms with Crippen molar-refractivity contribution in [3.8, 4) is 0 Å². The summed E-state index contributed by atoms with van der Waals surface area (Å²) in [7, 11) is -0.323. The van der Waals surface area contributed by atoms with Crippen molar-refractivity contribution in [3.63, 3.8) is 0 Å². The second-order valence-corrected chi connectivity index (χ2v) is 6.77. The summed E-state index contributed by atoms with van der Waals surface area (Å²) in [6.45, 7) is 11.4. The molecule has 0 unspecified atom stereocenters. The smallest absolute Gasteiger partial charge is 0.399 e. The highest BCUT2D eigenvalue weighted by atomic mass is 16.7. The van der Waals surface area contributed by atoms with E-state index in [1.807, 2.05) is 6.33 Å². The maximum absolute atomic E-state index is 6.10. The lowest BCUT2D eigenvalue weighted by Crippen LogP contribution is -2.41. The molecular weight excluding hydrogens is 263 g/mol. The zero-order valence-corrected chi connectivity index (χ0v) is 13.5. The molecule has 5 heteroatoms. The highest BCUT2D eigenvalue weighted by Crippen LogP contribution is 2.36. The molecule has 1 aliphatic rings. The number of imidazole rings is 1. The number of aromatic nitrogens is 2. The van der Waals surface area contributed by atoms with Crippen molar-refractivity contribution in [2.24, 2.45) is 0 Å². The molecule has 21 heavy (non-hydrogen) atoms. The Kier molecular flexibility index (Phi) is 3.37. The lowest BCUT2D eigenvalue weighted by molar-refractivity contribution is 0.00578. The quantitative estimate of drug-likeness (QED) is 0.814. The highest BCUT2D eigenvalue weighted by molar-refractivity contribution is 6.62. The number of nitrogens with zero attached hydrogens (tertiary/aromatic N) is 2. The molecule has 0 bridgehead atoms. The number of hydrogen-bond donors (Lipinski definition) is 0. The van der Waals surface area contributed by atoms with E-state index in [4.69, 9.17) is 9.31 Å². The van der Waals surface area contributed by atoms with E-state index in [-0.39, 0.29) is 18.3 Å². The SMILES string of the molecule is CCCn1cnc2cc(B3OC(C)(C)C(C)(C)O3)ccc21. The third-order valence-corrected chi connectivity index (χ3v) is 4.64. The van der Waals surface area contributed by atoms with E-state index in [2.05, 4.69) is 62.4 Å². The molecule has 1 aromatic heterocycles. The predicted octanol–water partition coefficient (Wildman–Crippen LogP) is 2.75. The fourth-order valence-corrected chi connectivity index (χ4v) is 2.63. The van der Waals surface area contributed by atoms with Crippen molar-refractivity contribution in [1.82, 2.24) is 9.55 Å². The van der Waals surface area contributed by atoms with Gasteiger partial charge in [0, 0.05) is 6.54 Å². The van der Waals surface area contributed by atoms with Gasteiger partial charge in [0.2, 0.25) is 0 Å². The van der Waals surface area contributed by atoms with Crippen LogP contribution in [-0.2, 0) is 15.9 Å². The Hall–Kier alpha value is -1.33. The molecule has 0 radical (unpaired) electrons. The molecule has 1 saturated heterocycles. The Balaban J connectivity index is 1.92. The van der Waals surface area contributed by atoms with Crippen molar-refractivity contribution >= 4 is 23.6 Å². The van der Waals surface area contributed by atoms with Crippen molar-refractivity contribution < 1.29 is 9.31 Å². The van der Waals surface area contributed by atoms with E-state index in [9.17, 15) is 0 Å². The number of benzene rings is 1. The minimum absolute atomic E-state index is 0.311. The topological polar surface area (TPSA) is 36.3 Å². The van der Waals surface area contributed by atoms with Gasteiger partial charge >= 0.3 is 7.12 Å². The zero-order valence-electron chi connectivity index (χ0n) is 13.5. The normalized spacial score (nSPS) is 20.3. The van der Waals surface area contributed by atoms with Crippen LogP contribution in [0.1, 0.15) is 41.0 Å². The third kappa shape index (κ3) is 2.38. The zero-order chi connectivity index (χ0) is 15.3. The van der Waals surface area contributed by atoms with E-state index in [1.54, 1.807) is 0 Å². The molecule has 0 saturated carbocycles. The molecular formula is C16H23BN2O2. The Morgan fingerprint density at radius 2 is 1.81 bits per heavy atom. The molecule has 3 rings (SSSR count). The summed E-state index contributed by atoms with van der Waals surface area (Å²) in [6, 6.07) is 6.26. The number of fused-ring (bicyclic) bond motifs is 1. The van der Waals surface area contributed by atoms with Gasteiger partial charge in [-0.05, 0) is 51.7 Å². The van der Waals surface area contributed by atoms with Crippen molar-refractivity contribution in [2.75, 3.05) is 0 Å². The van der Waals surface area contributed by atoms with E-state index in [1.165, 1.54) is 0 Å². The van der Waals surface area contributed by atoms with Gasteiger partial charge in [0.1, 0.15) is 0 Å². The molecule has 2 aromatic rings. The van der Waals surface area contributed by atoms with Crippen LogP contribution in [0.4, 0.5) is 0 Å². The summed E-state index contributed by atoms with van der Waals surface area (Å²) in [5.41, 5.74) is 2.57. The summed E-state index contributed by atoms with van der Waals surface area (Å²) >= 11 is 0. The molecule has 0 atom stereocenters. The van der Waals surface area contributed by atoms with Gasteiger partial charge in [0.05, 0.1) is 28.6 Å². The van der Waals surface area contributed by atoms with Crippen LogP contribution in [0, 0.1) is 0 Å². The van der Waals surface area contributed by atoms with Crippen LogP contribution < -0.4 is 5.46 Å². The average molecular weight is 286 g/mol. The van der Waals surface area contributed by atoms with Gasteiger partial charge in [-0.2, -0.15) is 0 Å². The fourth-order valence-electron chi connectivity index (χ4n) is 2.63. The Bertz CT molecular complexity index is 647. The van der Waals surface area contributed by atoms with Crippen LogP contribution in [0.2, 0.25) is 0 Å². The van der Waals surface area contributed by atoms with Crippen LogP contribution >= 0.6 is 0 Å². The summed E-state index contributed by atoms with van der Waals surface area (Å²) in [6.07, 6.45) is 3.01. The summed E-state index contributed by atoms with van der Waals surface area (Å²) in [5, 5.41) is 0. The second kappa shape index (κ2) is 4.85. The third-order valence-electron chi connectivity index (χ3n) is 4.64. The first-order valence-electron chi connectivity index (χ1n) is 7.64. The first kappa shape index (κ1) is 14.6. The van der Waals surface area contributed by atoms with Crippen LogP contribution in [0.25, 0.3) is 11.0 Å². The Morgan fingerprint density at radius 1 is 1.14 bits per heavy atom. The van der Waals surface area contributed by atoms with Gasteiger partial charge in [0.15, 0.2) is 0 Å². The molecule has 1 fully saturated rings. The number of hydrogen-bond acceptors (Lipinski definition) is 3. The molecule has 2 heterocycles. The number of aryl methyl sites for hydroxylation is 1. The number of rotatable bonds is 3. The van der Waals surface area contributed by atoms with Crippen LogP contribution in [0.15, 0.2) is 24.5 Å². The highest BCUT2D eigenvalue weighted by Gasteiger charge is 2.51. The minimum atomic E-state index is -0.323. The van der Waals surface area contributed by atoms with Gasteiger partial charge < -0.3 is 13.9 Å². The summed E-state index contributed by atoms with van der Waals surface area (Å²) in [5.74, 6) is 0. The van der Waals surface area contributed by atoms with E-state index < -0.39 is 0 Å². The Labute approximate surface area is 126 Å². The van der Waals surface area contributed by atoms with Crippen LogP contribution in [-0.4, -0.2) is 27.9 Å². The summed E-state index contributed by atoms with van der Waals surface area (Å²) in [4.78, 5) is 4.49. The molecule has 112 valence electrons. The first-order chi connectivity index (χ1) is 9.84. The van der Waals surface area contributed by atoms with Crippen molar-refractivity contribution in [1.29, 1.82) is 0 Å². The van der Waals surface area contributed by atoms with Gasteiger partial charge in [-0.15, -0.1) is 0 Å². The van der Waals surface area contributed by atoms with E-state index in [0.717, 1.165) is 29.5 Å². The van der Waals surface area contributed by atoms with Gasteiger partial charge in [-0.1, -0.05) is 13.0 Å². The molecule has 0 spiro atoms. The Morgan fingerprint density at radius 3 is 2.43 bits per heavy atom. The van der Waals surface area contributed by atoms with E-state index in [0.29, 0.717) is 0 Å². The lowest BCUT2D eigenvalue weighted by atomic mass is 9.79. The lowest BCUT2D eigenvalue weighted by Gasteiger charge is -2.32. The minimum Gasteiger partial charge on any atom is -0.399 e. The van der Waals surface area contributed by atoms with Gasteiger partial charge in [-0.3, -0.25) is 0 Å². The first-order valence-corrected chi connectivity index (χ1v) is 7.64. The molecule has 1 aromatic carbocycles. The van der Waals surface area contributed by atoms with E-state index >= 15 is 0 Å². The van der Waals surface area contributed by atoms with Crippen molar-refractivity contribution in [2.45, 2.75) is 58.8 Å². The monoisotopic (exact) mass is 286 g/mol. The van der Waals surface area contributed by atoms with Gasteiger partial charge in [0.25, 0.3) is 0 Å². The average Bonchev–Trinajstić information content (AvgIpc) is 2.89. The summed E-state index contributed by atoms with van der Waals surface area (Å²) < 4.78 is 14.4. The predicted molar refractivity (Wildman–Crippen MR) is 85.7 cm³/mol. The van der Waals surface area contributed by atoms with Crippen LogP contribution in [0.5, 0.6) is 0 Å². The maximum atomic E-state index is 6.10. The van der Waals surface area contributed by atoms with Crippen LogP contribution in [0.3, 0.4) is 0 Å². The molecule has 4 nitrogen and oxygen atoms in total. The van der Waals surface area contributed by atoms with Gasteiger partial charge in [-0.25, -0.2) is 4.98 Å². The maximum Gasteiger partial charge on any atom is 0.494 e. The molecule has 1 aliphatic heterocycles. The second-order valence-electron chi connectivity index (χ2n) is 6.77. The van der Waals surface area contributed by atoms with Crippen molar-refractivity contribution in [3.05, 3.63) is 24.5 Å². The standard InChI is InChI=1S/C16H23BN2O2/c1-6-9-19-11-18-13-10-12(7-8-14(13)19)17-20-15(2,3)16(4,5)21-17/h7-8,10-11H,6,9H2,1-5H3. The fraction of sp³-hybridized carbons (Fsp3) is 0.562.